The molecule has 12 nitrogen and oxygen atoms in total. The van der Waals surface area contributed by atoms with E-state index in [9.17, 15) is 27.9 Å². The number of aliphatic hydroxyl groups excluding tert-OH is 1. The van der Waals surface area contributed by atoms with Gasteiger partial charge in [-0.2, -0.15) is 13.2 Å². The first kappa shape index (κ1) is 38.6. The number of nitrogens with one attached hydrogen (secondary N) is 1. The van der Waals surface area contributed by atoms with Crippen molar-refractivity contribution >= 4 is 11.9 Å². The van der Waals surface area contributed by atoms with Gasteiger partial charge in [-0.15, -0.1) is 0 Å². The van der Waals surface area contributed by atoms with Crippen molar-refractivity contribution in [1.29, 1.82) is 0 Å². The van der Waals surface area contributed by atoms with Crippen molar-refractivity contribution in [1.82, 2.24) is 5.32 Å². The Hall–Kier alpha value is -3.15. The van der Waals surface area contributed by atoms with E-state index < -0.39 is 78.7 Å². The number of alkyl halides is 3. The first-order valence-electron chi connectivity index (χ1n) is 15.9. The SMILES string of the molecule is CO[C@@H]1[C@H](N)[C@@H](O[C@@H]2O[C@H](COCc3ccccc3)C[C@H](NC(=O)C(F)(F)F)[C@H]2OC(=O)C(C)(C)C)[C@@H](COCc2ccccc2)O[C@H]1O. The molecule has 272 valence electrons. The van der Waals surface area contributed by atoms with Crippen molar-refractivity contribution in [2.45, 2.75) is 102 Å². The van der Waals surface area contributed by atoms with Gasteiger partial charge in [-0.3, -0.25) is 9.59 Å². The number of rotatable bonds is 13. The molecule has 2 fully saturated rings. The molecule has 1 amide bonds. The first-order valence-corrected chi connectivity index (χ1v) is 15.9. The fourth-order valence-corrected chi connectivity index (χ4v) is 5.43. The summed E-state index contributed by atoms with van der Waals surface area (Å²) >= 11 is 0. The number of methoxy groups -OCH3 is 1. The van der Waals surface area contributed by atoms with Gasteiger partial charge < -0.3 is 49.3 Å². The Morgan fingerprint density at radius 2 is 1.47 bits per heavy atom. The lowest BCUT2D eigenvalue weighted by molar-refractivity contribution is -0.326. The summed E-state index contributed by atoms with van der Waals surface area (Å²) in [6.07, 6.45) is -14.2. The van der Waals surface area contributed by atoms with E-state index in [1.807, 2.05) is 66.0 Å². The Balaban J connectivity index is 1.62. The summed E-state index contributed by atoms with van der Waals surface area (Å²) in [4.78, 5) is 25.4. The van der Waals surface area contributed by atoms with E-state index in [-0.39, 0.29) is 32.8 Å². The molecule has 2 aromatic carbocycles. The maximum atomic E-state index is 13.5. The second kappa shape index (κ2) is 17.2. The smallest absolute Gasteiger partial charge is 0.454 e. The quantitative estimate of drug-likeness (QED) is 0.264. The van der Waals surface area contributed by atoms with E-state index in [1.165, 1.54) is 7.11 Å². The van der Waals surface area contributed by atoms with Crippen molar-refractivity contribution in [2.75, 3.05) is 20.3 Å². The fourth-order valence-electron chi connectivity index (χ4n) is 5.43. The lowest BCUT2D eigenvalue weighted by atomic mass is 9.94. The minimum atomic E-state index is -5.23. The van der Waals surface area contributed by atoms with Crippen LogP contribution in [-0.2, 0) is 56.0 Å². The van der Waals surface area contributed by atoms with Gasteiger partial charge >= 0.3 is 18.1 Å². The molecule has 0 spiro atoms. The van der Waals surface area contributed by atoms with Crippen molar-refractivity contribution in [3.05, 3.63) is 71.8 Å². The molecule has 0 radical (unpaired) electrons. The van der Waals surface area contributed by atoms with Crippen molar-refractivity contribution < 1.29 is 61.0 Å². The van der Waals surface area contributed by atoms with Crippen LogP contribution in [0.5, 0.6) is 0 Å². The molecule has 2 aliphatic heterocycles. The van der Waals surface area contributed by atoms with E-state index in [2.05, 4.69) is 0 Å². The van der Waals surface area contributed by atoms with Gasteiger partial charge in [0.05, 0.1) is 50.0 Å². The minimum absolute atomic E-state index is 0.108. The van der Waals surface area contributed by atoms with Crippen LogP contribution in [0, 0.1) is 5.41 Å². The largest absolute Gasteiger partial charge is 0.471 e. The summed E-state index contributed by atoms with van der Waals surface area (Å²) in [5.41, 5.74) is 7.16. The summed E-state index contributed by atoms with van der Waals surface area (Å²) < 4.78 is 81.7. The number of carbonyl (C=O) groups is 2. The number of hydrogen-bond donors (Lipinski definition) is 3. The van der Waals surface area contributed by atoms with E-state index >= 15 is 0 Å². The Morgan fingerprint density at radius 3 is 2.00 bits per heavy atom. The maximum absolute atomic E-state index is 13.5. The van der Waals surface area contributed by atoms with Gasteiger partial charge in [0.15, 0.2) is 18.7 Å². The molecule has 0 saturated carbocycles. The molecule has 0 aliphatic carbocycles. The Labute approximate surface area is 283 Å². The Kier molecular flexibility index (Phi) is 13.6. The van der Waals surface area contributed by atoms with Crippen LogP contribution in [0.2, 0.25) is 0 Å². The summed E-state index contributed by atoms with van der Waals surface area (Å²) in [5.74, 6) is -3.01. The lowest BCUT2D eigenvalue weighted by Crippen LogP contribution is -2.67. The van der Waals surface area contributed by atoms with E-state index in [1.54, 1.807) is 20.8 Å². The normalized spacial score (nSPS) is 29.3. The second-order valence-corrected chi connectivity index (χ2v) is 13.0. The highest BCUT2D eigenvalue weighted by Crippen LogP contribution is 2.32. The van der Waals surface area contributed by atoms with Crippen LogP contribution in [0.3, 0.4) is 0 Å². The molecule has 4 N–H and O–H groups in total. The van der Waals surface area contributed by atoms with Crippen LogP contribution in [0.25, 0.3) is 0 Å². The Morgan fingerprint density at radius 1 is 0.898 bits per heavy atom. The van der Waals surface area contributed by atoms with Crippen LogP contribution < -0.4 is 11.1 Å². The molecular weight excluding hydrogens is 653 g/mol. The fraction of sp³-hybridized carbons (Fsp3) is 0.588. The zero-order valence-corrected chi connectivity index (χ0v) is 27.8. The van der Waals surface area contributed by atoms with Crippen LogP contribution in [0.1, 0.15) is 38.3 Å². The number of esters is 1. The lowest BCUT2D eigenvalue weighted by Gasteiger charge is -2.47. The topological polar surface area (TPSA) is 157 Å². The number of nitrogens with two attached hydrogens (primary N) is 1. The minimum Gasteiger partial charge on any atom is -0.454 e. The third-order valence-corrected chi connectivity index (χ3v) is 8.03. The molecular formula is C34H45F3N2O10. The van der Waals surface area contributed by atoms with Crippen molar-refractivity contribution in [3.8, 4) is 0 Å². The van der Waals surface area contributed by atoms with E-state index in [0.29, 0.717) is 0 Å². The molecule has 0 unspecified atom stereocenters. The number of ether oxygens (including phenoxy) is 7. The highest BCUT2D eigenvalue weighted by atomic mass is 19.4. The zero-order chi connectivity index (χ0) is 35.8. The van der Waals surface area contributed by atoms with Gasteiger partial charge in [-0.25, -0.2) is 0 Å². The number of aliphatic hydroxyl groups is 1. The maximum Gasteiger partial charge on any atom is 0.471 e. The molecule has 4 rings (SSSR count). The monoisotopic (exact) mass is 698 g/mol. The molecule has 2 heterocycles. The number of halogens is 3. The highest BCUT2D eigenvalue weighted by Gasteiger charge is 2.52. The number of amides is 1. The van der Waals surface area contributed by atoms with Gasteiger partial charge in [0.2, 0.25) is 0 Å². The van der Waals surface area contributed by atoms with Crippen molar-refractivity contribution in [3.63, 3.8) is 0 Å². The van der Waals surface area contributed by atoms with Crippen LogP contribution in [0.4, 0.5) is 13.2 Å². The number of benzene rings is 2. The van der Waals surface area contributed by atoms with Gasteiger partial charge in [0.1, 0.15) is 18.3 Å². The van der Waals surface area contributed by atoms with Crippen LogP contribution >= 0.6 is 0 Å². The first-order chi connectivity index (χ1) is 23.2. The molecule has 0 bridgehead atoms. The third kappa shape index (κ3) is 10.9. The summed E-state index contributed by atoms with van der Waals surface area (Å²) in [6.45, 7) is 4.81. The van der Waals surface area contributed by atoms with Crippen LogP contribution in [-0.4, -0.2) is 98.7 Å². The number of hydrogen-bond acceptors (Lipinski definition) is 11. The van der Waals surface area contributed by atoms with Gasteiger partial charge in [0, 0.05) is 7.11 Å². The molecule has 15 heteroatoms. The van der Waals surface area contributed by atoms with Crippen molar-refractivity contribution in [2.24, 2.45) is 11.1 Å². The van der Waals surface area contributed by atoms with E-state index in [4.69, 9.17) is 38.9 Å². The summed E-state index contributed by atoms with van der Waals surface area (Å²) in [6, 6.07) is 16.0. The van der Waals surface area contributed by atoms with E-state index in [0.717, 1.165) is 11.1 Å². The predicted molar refractivity (Wildman–Crippen MR) is 167 cm³/mol. The van der Waals surface area contributed by atoms with Gasteiger partial charge in [0.25, 0.3) is 0 Å². The molecule has 2 aromatic rings. The standard InChI is InChI=1S/C34H45F3N2O10/c1-33(2,3)32(42)49-26-23(39-31(41)34(35,36)37)15-22(18-44-16-20-11-7-5-8-12-20)46-30(26)48-27-24(47-29(40)28(43-4)25(27)38)19-45-17-21-13-9-6-10-14-21/h5-14,22-30,40H,15-19,38H2,1-4H3,(H,39,41)/t22-,23-,24+,25+,26+,27-,28+,29+,30-/m0/s1. The van der Waals surface area contributed by atoms with Gasteiger partial charge in [-0.1, -0.05) is 60.7 Å². The molecule has 2 saturated heterocycles. The highest BCUT2D eigenvalue weighted by molar-refractivity contribution is 5.82. The Bertz CT molecular complexity index is 1330. The predicted octanol–water partition coefficient (Wildman–Crippen LogP) is 2.98. The third-order valence-electron chi connectivity index (χ3n) is 8.03. The molecule has 49 heavy (non-hydrogen) atoms. The molecule has 2 aliphatic rings. The summed E-state index contributed by atoms with van der Waals surface area (Å²) in [7, 11) is 1.31. The van der Waals surface area contributed by atoms with Crippen LogP contribution in [0.15, 0.2) is 60.7 Å². The average molecular weight is 699 g/mol. The second-order valence-electron chi connectivity index (χ2n) is 13.0. The number of carbonyl (C=O) groups excluding carboxylic acids is 2. The molecule has 0 aromatic heterocycles. The van der Waals surface area contributed by atoms with Gasteiger partial charge in [-0.05, 0) is 38.3 Å². The summed E-state index contributed by atoms with van der Waals surface area (Å²) in [5, 5.41) is 12.6. The average Bonchev–Trinajstić information content (AvgIpc) is 3.04. The molecule has 9 atom stereocenters. The zero-order valence-electron chi connectivity index (χ0n) is 27.8.